The molecule has 1 heterocycles. The van der Waals surface area contributed by atoms with E-state index in [1.165, 1.54) is 19.4 Å². The molecule has 0 bridgehead atoms. The summed E-state index contributed by atoms with van der Waals surface area (Å²) in [6, 6.07) is 4.82. The first-order valence-electron chi connectivity index (χ1n) is 11.6. The SMILES string of the molecule is CCN=Cc1c(O)cc(OC)cc1OCC(=O)Nc1cc(C2CC[C@@H](OC(=O)NC(C)C)C2)[nH]n1. The lowest BCUT2D eigenvalue weighted by atomic mass is 10.0. The normalized spacial score (nSPS) is 17.5. The Morgan fingerprint density at radius 1 is 1.31 bits per heavy atom. The van der Waals surface area contributed by atoms with Gasteiger partial charge in [0.2, 0.25) is 0 Å². The number of phenolic OH excluding ortho intramolecular Hbond substituents is 1. The zero-order chi connectivity index (χ0) is 25.4. The number of rotatable bonds is 10. The summed E-state index contributed by atoms with van der Waals surface area (Å²) in [5.74, 6) is 0.716. The number of hydrogen-bond acceptors (Lipinski definition) is 8. The number of nitrogens with zero attached hydrogens (tertiary/aromatic N) is 2. The smallest absolute Gasteiger partial charge is 0.407 e. The summed E-state index contributed by atoms with van der Waals surface area (Å²) in [7, 11) is 1.47. The van der Waals surface area contributed by atoms with Crippen LogP contribution in [0.3, 0.4) is 0 Å². The van der Waals surface area contributed by atoms with Gasteiger partial charge in [-0.05, 0) is 40.0 Å². The van der Waals surface area contributed by atoms with Gasteiger partial charge in [-0.1, -0.05) is 0 Å². The number of aliphatic imine (C=N–C) groups is 1. The minimum absolute atomic E-state index is 0.0214. The summed E-state index contributed by atoms with van der Waals surface area (Å²) in [6.45, 7) is 5.86. The highest BCUT2D eigenvalue weighted by Gasteiger charge is 2.30. The summed E-state index contributed by atoms with van der Waals surface area (Å²) >= 11 is 0. The third-order valence-corrected chi connectivity index (χ3v) is 5.46. The summed E-state index contributed by atoms with van der Waals surface area (Å²) in [6.07, 6.45) is 3.23. The molecule has 190 valence electrons. The molecule has 1 aromatic heterocycles. The summed E-state index contributed by atoms with van der Waals surface area (Å²) in [5.41, 5.74) is 1.23. The maximum Gasteiger partial charge on any atom is 0.407 e. The molecule has 2 atom stereocenters. The lowest BCUT2D eigenvalue weighted by molar-refractivity contribution is -0.118. The van der Waals surface area contributed by atoms with E-state index < -0.39 is 12.0 Å². The number of aromatic nitrogens is 2. The number of alkyl carbamates (subject to hydrolysis) is 1. The first kappa shape index (κ1) is 25.9. The van der Waals surface area contributed by atoms with E-state index >= 15 is 0 Å². The summed E-state index contributed by atoms with van der Waals surface area (Å²) in [5, 5.41) is 22.8. The van der Waals surface area contributed by atoms with Crippen LogP contribution in [0.1, 0.15) is 57.2 Å². The van der Waals surface area contributed by atoms with Crippen LogP contribution in [0, 0.1) is 0 Å². The van der Waals surface area contributed by atoms with Crippen molar-refractivity contribution >= 4 is 24.0 Å². The van der Waals surface area contributed by atoms with E-state index in [1.54, 1.807) is 12.1 Å². The van der Waals surface area contributed by atoms with Crippen molar-refractivity contribution in [1.82, 2.24) is 15.5 Å². The fourth-order valence-electron chi connectivity index (χ4n) is 3.82. The van der Waals surface area contributed by atoms with Gasteiger partial charge in [-0.25, -0.2) is 4.79 Å². The molecule has 0 radical (unpaired) electrons. The Bertz CT molecular complexity index is 1050. The largest absolute Gasteiger partial charge is 0.507 e. The van der Waals surface area contributed by atoms with Gasteiger partial charge in [-0.2, -0.15) is 5.10 Å². The number of phenols is 1. The Kier molecular flexibility index (Phi) is 8.93. The Morgan fingerprint density at radius 2 is 2.11 bits per heavy atom. The monoisotopic (exact) mass is 487 g/mol. The molecule has 4 N–H and O–H groups in total. The molecule has 0 spiro atoms. The highest BCUT2D eigenvalue weighted by atomic mass is 16.6. The number of carbonyl (C=O) groups is 2. The lowest BCUT2D eigenvalue weighted by Crippen LogP contribution is -2.33. The maximum atomic E-state index is 12.5. The molecule has 11 heteroatoms. The minimum atomic E-state index is -0.415. The molecule has 35 heavy (non-hydrogen) atoms. The van der Waals surface area contributed by atoms with Crippen molar-refractivity contribution in [3.63, 3.8) is 0 Å². The van der Waals surface area contributed by atoms with Crippen LogP contribution in [0.2, 0.25) is 0 Å². The Labute approximate surface area is 204 Å². The van der Waals surface area contributed by atoms with Crippen LogP contribution in [0.15, 0.2) is 23.2 Å². The van der Waals surface area contributed by atoms with Gasteiger partial charge in [0, 0.05) is 48.6 Å². The van der Waals surface area contributed by atoms with Crippen LogP contribution in [-0.4, -0.2) is 65.9 Å². The second-order valence-electron chi connectivity index (χ2n) is 8.57. The van der Waals surface area contributed by atoms with Gasteiger partial charge in [0.25, 0.3) is 5.91 Å². The van der Waals surface area contributed by atoms with Crippen molar-refractivity contribution < 1.29 is 28.9 Å². The number of anilines is 1. The van der Waals surface area contributed by atoms with E-state index in [4.69, 9.17) is 14.2 Å². The molecule has 11 nitrogen and oxygen atoms in total. The van der Waals surface area contributed by atoms with E-state index in [-0.39, 0.29) is 36.2 Å². The van der Waals surface area contributed by atoms with Crippen molar-refractivity contribution in [3.05, 3.63) is 29.5 Å². The Hall–Kier alpha value is -3.76. The first-order valence-corrected chi connectivity index (χ1v) is 11.6. The number of methoxy groups -OCH3 is 1. The number of amides is 2. The standard InChI is InChI=1S/C24H33N5O6/c1-5-25-12-18-20(30)9-17(33-4)10-21(18)34-13-23(31)27-22-11-19(28-29-22)15-6-7-16(8-15)35-24(32)26-14(2)3/h9-12,14-16,30H,5-8,13H2,1-4H3,(H,26,32)(H2,27,28,29,31)/t15?,16-/m1/s1. The van der Waals surface area contributed by atoms with Crippen molar-refractivity contribution in [2.24, 2.45) is 4.99 Å². The van der Waals surface area contributed by atoms with E-state index in [1.807, 2.05) is 20.8 Å². The van der Waals surface area contributed by atoms with Crippen LogP contribution in [-0.2, 0) is 9.53 Å². The molecular formula is C24H33N5O6. The van der Waals surface area contributed by atoms with Gasteiger partial charge in [-0.3, -0.25) is 14.9 Å². The topological polar surface area (TPSA) is 147 Å². The van der Waals surface area contributed by atoms with E-state index in [0.29, 0.717) is 30.1 Å². The summed E-state index contributed by atoms with van der Waals surface area (Å²) in [4.78, 5) is 28.4. The number of hydrogen-bond donors (Lipinski definition) is 4. The lowest BCUT2D eigenvalue weighted by Gasteiger charge is -2.14. The average Bonchev–Trinajstić information content (AvgIpc) is 3.45. The van der Waals surface area contributed by atoms with Crippen molar-refractivity contribution in [2.45, 2.75) is 58.1 Å². The second-order valence-corrected chi connectivity index (χ2v) is 8.57. The molecule has 2 amide bonds. The van der Waals surface area contributed by atoms with E-state index in [0.717, 1.165) is 18.5 Å². The highest BCUT2D eigenvalue weighted by Crippen LogP contribution is 2.36. The maximum absolute atomic E-state index is 12.5. The van der Waals surface area contributed by atoms with Crippen molar-refractivity contribution in [3.8, 4) is 17.2 Å². The number of ether oxygens (including phenoxy) is 3. The minimum Gasteiger partial charge on any atom is -0.507 e. The third-order valence-electron chi connectivity index (χ3n) is 5.46. The van der Waals surface area contributed by atoms with Gasteiger partial charge < -0.3 is 30.0 Å². The number of benzene rings is 1. The molecule has 1 unspecified atom stereocenters. The predicted molar refractivity (Wildman–Crippen MR) is 131 cm³/mol. The zero-order valence-corrected chi connectivity index (χ0v) is 20.5. The van der Waals surface area contributed by atoms with Gasteiger partial charge in [0.05, 0.1) is 12.7 Å². The van der Waals surface area contributed by atoms with Crippen LogP contribution >= 0.6 is 0 Å². The Balaban J connectivity index is 1.54. The molecule has 0 saturated heterocycles. The van der Waals surface area contributed by atoms with Crippen LogP contribution in [0.25, 0.3) is 0 Å². The number of H-pyrrole nitrogens is 1. The van der Waals surface area contributed by atoms with Gasteiger partial charge in [0.1, 0.15) is 23.4 Å². The quantitative estimate of drug-likeness (QED) is 0.376. The third kappa shape index (κ3) is 7.36. The highest BCUT2D eigenvalue weighted by molar-refractivity contribution is 5.92. The van der Waals surface area contributed by atoms with E-state index in [2.05, 4.69) is 25.8 Å². The zero-order valence-electron chi connectivity index (χ0n) is 20.5. The number of carbonyl (C=O) groups excluding carboxylic acids is 2. The number of aromatic amines is 1. The van der Waals surface area contributed by atoms with Crippen LogP contribution in [0.5, 0.6) is 17.2 Å². The molecule has 1 aromatic carbocycles. The molecule has 2 aromatic rings. The van der Waals surface area contributed by atoms with E-state index in [9.17, 15) is 14.7 Å². The van der Waals surface area contributed by atoms with Crippen LogP contribution < -0.4 is 20.1 Å². The average molecular weight is 488 g/mol. The van der Waals surface area contributed by atoms with Crippen molar-refractivity contribution in [2.75, 3.05) is 25.6 Å². The van der Waals surface area contributed by atoms with Gasteiger partial charge in [-0.15, -0.1) is 0 Å². The first-order chi connectivity index (χ1) is 16.8. The molecular weight excluding hydrogens is 454 g/mol. The molecule has 0 aliphatic heterocycles. The summed E-state index contributed by atoms with van der Waals surface area (Å²) < 4.78 is 16.3. The molecule has 3 rings (SSSR count). The number of aromatic hydroxyl groups is 1. The predicted octanol–water partition coefficient (Wildman–Crippen LogP) is 3.35. The fraction of sp³-hybridized carbons (Fsp3) is 0.500. The van der Waals surface area contributed by atoms with Crippen LogP contribution in [0.4, 0.5) is 10.6 Å². The Morgan fingerprint density at radius 3 is 2.83 bits per heavy atom. The van der Waals surface area contributed by atoms with Gasteiger partial charge in [0.15, 0.2) is 12.4 Å². The molecule has 1 aliphatic carbocycles. The molecule has 1 fully saturated rings. The van der Waals surface area contributed by atoms with Gasteiger partial charge >= 0.3 is 6.09 Å². The van der Waals surface area contributed by atoms with Crippen molar-refractivity contribution in [1.29, 1.82) is 0 Å². The molecule has 1 saturated carbocycles. The number of nitrogens with one attached hydrogen (secondary N) is 3. The fourth-order valence-corrected chi connectivity index (χ4v) is 3.82. The molecule has 1 aliphatic rings. The second kappa shape index (κ2) is 12.1.